The van der Waals surface area contributed by atoms with Crippen molar-refractivity contribution in [3.05, 3.63) is 65.2 Å². The van der Waals surface area contributed by atoms with E-state index in [1.54, 1.807) is 0 Å². The van der Waals surface area contributed by atoms with Crippen molar-refractivity contribution in [2.45, 2.75) is 52.5 Å². The number of benzene rings is 2. The molecule has 162 valence electrons. The number of para-hydroxylation sites is 1. The number of hydrogen-bond acceptors (Lipinski definition) is 3. The number of fused-ring (bicyclic) bond motifs is 1. The van der Waals surface area contributed by atoms with Crippen molar-refractivity contribution in [2.24, 2.45) is 0 Å². The first kappa shape index (κ1) is 21.5. The number of amides is 1. The van der Waals surface area contributed by atoms with Crippen LogP contribution in [0, 0.1) is 13.8 Å². The van der Waals surface area contributed by atoms with Crippen LogP contribution in [0.1, 0.15) is 54.1 Å². The molecular weight excluding hydrogens is 382 g/mol. The molecule has 1 atom stereocenters. The van der Waals surface area contributed by atoms with Crippen LogP contribution >= 0.6 is 0 Å². The number of nitrogens with zero attached hydrogens (tertiary/aromatic N) is 2. The van der Waals surface area contributed by atoms with Gasteiger partial charge in [0.15, 0.2) is 0 Å². The van der Waals surface area contributed by atoms with Gasteiger partial charge < -0.3 is 10.2 Å². The maximum atomic E-state index is 13.1. The summed E-state index contributed by atoms with van der Waals surface area (Å²) < 4.78 is 0. The van der Waals surface area contributed by atoms with Crippen molar-refractivity contribution < 1.29 is 4.79 Å². The van der Waals surface area contributed by atoms with Crippen LogP contribution in [0.5, 0.6) is 0 Å². The molecule has 2 aromatic carbocycles. The zero-order valence-corrected chi connectivity index (χ0v) is 18.9. The van der Waals surface area contributed by atoms with Crippen LogP contribution in [0.15, 0.2) is 48.5 Å². The molecule has 31 heavy (non-hydrogen) atoms. The molecule has 0 radical (unpaired) electrons. The van der Waals surface area contributed by atoms with E-state index in [2.05, 4.69) is 49.2 Å². The lowest BCUT2D eigenvalue weighted by atomic mass is 10.0. The Balaban J connectivity index is 1.51. The van der Waals surface area contributed by atoms with Crippen LogP contribution in [-0.4, -0.2) is 41.5 Å². The Morgan fingerprint density at radius 1 is 1.10 bits per heavy atom. The van der Waals surface area contributed by atoms with E-state index in [1.165, 1.54) is 36.9 Å². The van der Waals surface area contributed by atoms with Gasteiger partial charge in [0.1, 0.15) is 0 Å². The fourth-order valence-electron chi connectivity index (χ4n) is 4.48. The lowest BCUT2D eigenvalue weighted by Crippen LogP contribution is -2.39. The Morgan fingerprint density at radius 2 is 1.94 bits per heavy atom. The minimum Gasteiger partial charge on any atom is -0.352 e. The highest BCUT2D eigenvalue weighted by molar-refractivity contribution is 6.07. The minimum absolute atomic E-state index is 0.0182. The zero-order chi connectivity index (χ0) is 21.8. The molecule has 1 amide bonds. The van der Waals surface area contributed by atoms with Gasteiger partial charge in [-0.05, 0) is 75.9 Å². The number of carbonyl (C=O) groups excluding carboxylic acids is 1. The highest BCUT2D eigenvalue weighted by atomic mass is 16.1. The maximum Gasteiger partial charge on any atom is 0.252 e. The third kappa shape index (κ3) is 4.96. The average molecular weight is 416 g/mol. The van der Waals surface area contributed by atoms with Gasteiger partial charge in [0.05, 0.1) is 16.8 Å². The fourth-order valence-corrected chi connectivity index (χ4v) is 4.48. The third-order valence-corrected chi connectivity index (χ3v) is 6.61. The number of rotatable bonds is 6. The molecule has 1 aromatic heterocycles. The summed E-state index contributed by atoms with van der Waals surface area (Å²) >= 11 is 0. The first-order valence-corrected chi connectivity index (χ1v) is 11.5. The summed E-state index contributed by atoms with van der Waals surface area (Å²) in [6.45, 7) is 9.45. The molecule has 4 nitrogen and oxygen atoms in total. The minimum atomic E-state index is -0.0182. The van der Waals surface area contributed by atoms with Crippen molar-refractivity contribution in [3.8, 4) is 11.3 Å². The van der Waals surface area contributed by atoms with Crippen LogP contribution in [0.3, 0.4) is 0 Å². The van der Waals surface area contributed by atoms with E-state index < -0.39 is 0 Å². The molecule has 1 aliphatic heterocycles. The zero-order valence-electron chi connectivity index (χ0n) is 18.9. The van der Waals surface area contributed by atoms with E-state index in [4.69, 9.17) is 4.98 Å². The lowest BCUT2D eigenvalue weighted by molar-refractivity contribution is 0.0950. The average Bonchev–Trinajstić information content (AvgIpc) is 2.78. The Labute approximate surface area is 185 Å². The standard InChI is InChI=1S/C27H33N3O/c1-19-12-13-22(17-20(19)2)26-18-24(23-10-4-5-11-25(23)29-26)27(31)28-14-8-16-30-15-7-6-9-21(30)3/h4-5,10-13,17-18,21H,6-9,14-16H2,1-3H3,(H,28,31). The summed E-state index contributed by atoms with van der Waals surface area (Å²) in [5, 5.41) is 4.05. The quantitative estimate of drug-likeness (QED) is 0.540. The van der Waals surface area contributed by atoms with E-state index in [0.717, 1.165) is 35.1 Å². The van der Waals surface area contributed by atoms with Crippen molar-refractivity contribution in [1.82, 2.24) is 15.2 Å². The smallest absolute Gasteiger partial charge is 0.252 e. The maximum absolute atomic E-state index is 13.1. The van der Waals surface area contributed by atoms with Crippen molar-refractivity contribution in [3.63, 3.8) is 0 Å². The molecule has 3 aromatic rings. The summed E-state index contributed by atoms with van der Waals surface area (Å²) in [6, 6.07) is 16.8. The Kier molecular flexibility index (Phi) is 6.67. The summed E-state index contributed by atoms with van der Waals surface area (Å²) in [6.07, 6.45) is 4.90. The van der Waals surface area contributed by atoms with Gasteiger partial charge in [-0.15, -0.1) is 0 Å². The fraction of sp³-hybridized carbons (Fsp3) is 0.407. The number of nitrogens with one attached hydrogen (secondary N) is 1. The Morgan fingerprint density at radius 3 is 2.74 bits per heavy atom. The van der Waals surface area contributed by atoms with Gasteiger partial charge in [0.25, 0.3) is 5.91 Å². The van der Waals surface area contributed by atoms with Crippen molar-refractivity contribution >= 4 is 16.8 Å². The monoisotopic (exact) mass is 415 g/mol. The predicted octanol–water partition coefficient (Wildman–Crippen LogP) is 5.51. The van der Waals surface area contributed by atoms with E-state index in [0.29, 0.717) is 18.2 Å². The van der Waals surface area contributed by atoms with Crippen LogP contribution in [-0.2, 0) is 0 Å². The summed E-state index contributed by atoms with van der Waals surface area (Å²) in [5.41, 5.74) is 5.92. The summed E-state index contributed by atoms with van der Waals surface area (Å²) in [5.74, 6) is -0.0182. The largest absolute Gasteiger partial charge is 0.352 e. The molecule has 1 fully saturated rings. The molecule has 1 N–H and O–H groups in total. The first-order valence-electron chi connectivity index (χ1n) is 11.5. The molecule has 4 heteroatoms. The molecule has 4 rings (SSSR count). The number of pyridine rings is 1. The van der Waals surface area contributed by atoms with Crippen molar-refractivity contribution in [1.29, 1.82) is 0 Å². The topological polar surface area (TPSA) is 45.2 Å². The Bertz CT molecular complexity index is 1080. The predicted molar refractivity (Wildman–Crippen MR) is 128 cm³/mol. The van der Waals surface area contributed by atoms with E-state index >= 15 is 0 Å². The molecule has 1 aliphatic rings. The highest BCUT2D eigenvalue weighted by Gasteiger charge is 2.18. The van der Waals surface area contributed by atoms with Gasteiger partial charge in [0.2, 0.25) is 0 Å². The molecule has 0 saturated carbocycles. The van der Waals surface area contributed by atoms with Gasteiger partial charge in [-0.1, -0.05) is 36.8 Å². The van der Waals surface area contributed by atoms with Crippen LogP contribution in [0.25, 0.3) is 22.2 Å². The second-order valence-electron chi connectivity index (χ2n) is 8.86. The molecule has 1 unspecified atom stereocenters. The second kappa shape index (κ2) is 9.61. The van der Waals surface area contributed by atoms with Gasteiger partial charge in [-0.2, -0.15) is 0 Å². The normalized spacial score (nSPS) is 17.1. The number of hydrogen-bond donors (Lipinski definition) is 1. The van der Waals surface area contributed by atoms with Gasteiger partial charge in [0, 0.05) is 30.1 Å². The van der Waals surface area contributed by atoms with Gasteiger partial charge in [-0.25, -0.2) is 4.98 Å². The number of carbonyl (C=O) groups is 1. The third-order valence-electron chi connectivity index (χ3n) is 6.61. The second-order valence-corrected chi connectivity index (χ2v) is 8.86. The first-order chi connectivity index (χ1) is 15.0. The number of likely N-dealkylation sites (tertiary alicyclic amines) is 1. The van der Waals surface area contributed by atoms with Crippen molar-refractivity contribution in [2.75, 3.05) is 19.6 Å². The van der Waals surface area contributed by atoms with Crippen LogP contribution < -0.4 is 5.32 Å². The van der Waals surface area contributed by atoms with Crippen LogP contribution in [0.2, 0.25) is 0 Å². The number of aryl methyl sites for hydroxylation is 2. The SMILES string of the molecule is Cc1ccc(-c2cc(C(=O)NCCCN3CCCCC3C)c3ccccc3n2)cc1C. The number of piperidine rings is 1. The van der Waals surface area contributed by atoms with Gasteiger partial charge >= 0.3 is 0 Å². The van der Waals surface area contributed by atoms with E-state index in [1.807, 2.05) is 30.3 Å². The summed E-state index contributed by atoms with van der Waals surface area (Å²) in [4.78, 5) is 20.5. The molecule has 0 bridgehead atoms. The Hall–Kier alpha value is -2.72. The molecule has 0 spiro atoms. The van der Waals surface area contributed by atoms with E-state index in [9.17, 15) is 4.79 Å². The molecule has 2 heterocycles. The van der Waals surface area contributed by atoms with E-state index in [-0.39, 0.29) is 5.91 Å². The molecule has 1 saturated heterocycles. The molecular formula is C27H33N3O. The summed E-state index contributed by atoms with van der Waals surface area (Å²) in [7, 11) is 0. The van der Waals surface area contributed by atoms with Gasteiger partial charge in [-0.3, -0.25) is 4.79 Å². The molecule has 0 aliphatic carbocycles. The lowest BCUT2D eigenvalue weighted by Gasteiger charge is -2.33. The van der Waals surface area contributed by atoms with Crippen LogP contribution in [0.4, 0.5) is 0 Å². The highest BCUT2D eigenvalue weighted by Crippen LogP contribution is 2.26. The number of aromatic nitrogens is 1.